The predicted molar refractivity (Wildman–Crippen MR) is 132 cm³/mol. The summed E-state index contributed by atoms with van der Waals surface area (Å²) in [6, 6.07) is 22.3. The van der Waals surface area contributed by atoms with Crippen molar-refractivity contribution in [1.29, 1.82) is 0 Å². The van der Waals surface area contributed by atoms with Crippen LogP contribution in [0.4, 0.5) is 11.6 Å². The van der Waals surface area contributed by atoms with Crippen LogP contribution in [0.25, 0.3) is 0 Å². The molecule has 36 heavy (non-hydrogen) atoms. The number of tetrazole rings is 1. The molecule has 1 aliphatic heterocycles. The smallest absolute Gasteiger partial charge is 0.343 e. The second-order valence-corrected chi connectivity index (χ2v) is 8.00. The van der Waals surface area contributed by atoms with Gasteiger partial charge in [0.05, 0.1) is 18.2 Å². The summed E-state index contributed by atoms with van der Waals surface area (Å²) < 4.78 is 12.6. The number of para-hydroxylation sites is 1. The lowest BCUT2D eigenvalue weighted by molar-refractivity contribution is -0.113. The summed E-state index contributed by atoms with van der Waals surface area (Å²) in [4.78, 5) is 26.0. The number of benzene rings is 3. The molecular weight excluding hydrogens is 460 g/mol. The van der Waals surface area contributed by atoms with E-state index < -0.39 is 12.0 Å². The van der Waals surface area contributed by atoms with Crippen LogP contribution in [0.3, 0.4) is 0 Å². The van der Waals surface area contributed by atoms with Gasteiger partial charge in [-0.15, -0.1) is 0 Å². The lowest BCUT2D eigenvalue weighted by Crippen LogP contribution is -2.31. The van der Waals surface area contributed by atoms with Gasteiger partial charge in [-0.1, -0.05) is 47.6 Å². The lowest BCUT2D eigenvalue weighted by atomic mass is 9.94. The van der Waals surface area contributed by atoms with Gasteiger partial charge in [-0.05, 0) is 59.3 Å². The number of allylic oxidation sites excluding steroid dienone is 1. The third-order valence-corrected chi connectivity index (χ3v) is 5.71. The number of rotatable bonds is 6. The average Bonchev–Trinajstić information content (AvgIpc) is 3.37. The highest BCUT2D eigenvalue weighted by molar-refractivity contribution is 6.06. The average molecular weight is 483 g/mol. The number of hydrogen-bond donors (Lipinski definition) is 2. The molecule has 0 bridgehead atoms. The molecule has 10 heteroatoms. The quantitative estimate of drug-likeness (QED) is 0.314. The Bertz CT molecular complexity index is 1450. The van der Waals surface area contributed by atoms with Crippen LogP contribution in [0, 0.1) is 0 Å². The van der Waals surface area contributed by atoms with Crippen molar-refractivity contribution >= 4 is 23.5 Å². The van der Waals surface area contributed by atoms with Crippen LogP contribution in [0.5, 0.6) is 11.5 Å². The van der Waals surface area contributed by atoms with Crippen molar-refractivity contribution in [3.05, 3.63) is 101 Å². The fourth-order valence-electron chi connectivity index (χ4n) is 4.01. The molecule has 0 aliphatic carbocycles. The number of hydrogen-bond acceptors (Lipinski definition) is 8. The lowest BCUT2D eigenvalue weighted by Gasteiger charge is -2.28. The van der Waals surface area contributed by atoms with E-state index >= 15 is 0 Å². The first kappa shape index (κ1) is 22.8. The molecule has 1 aliphatic rings. The highest BCUT2D eigenvalue weighted by Gasteiger charge is 2.34. The number of fused-ring (bicyclic) bond motifs is 1. The Labute approximate surface area is 206 Å². The van der Waals surface area contributed by atoms with Crippen LogP contribution in [-0.4, -0.2) is 39.2 Å². The maximum atomic E-state index is 13.4. The number of anilines is 2. The van der Waals surface area contributed by atoms with Crippen LogP contribution in [0.2, 0.25) is 0 Å². The van der Waals surface area contributed by atoms with Gasteiger partial charge in [0.25, 0.3) is 5.91 Å². The monoisotopic (exact) mass is 482 g/mol. The van der Waals surface area contributed by atoms with E-state index in [-0.39, 0.29) is 11.7 Å². The summed E-state index contributed by atoms with van der Waals surface area (Å²) in [6.07, 6.45) is 0. The van der Waals surface area contributed by atoms with Crippen LogP contribution < -0.4 is 20.1 Å². The fourth-order valence-corrected chi connectivity index (χ4v) is 4.01. The molecule has 1 atom stereocenters. The molecule has 0 fully saturated rings. The minimum absolute atomic E-state index is 0.247. The minimum atomic E-state index is -0.660. The van der Waals surface area contributed by atoms with Crippen molar-refractivity contribution in [3.8, 4) is 11.5 Å². The highest BCUT2D eigenvalue weighted by Crippen LogP contribution is 2.38. The molecule has 2 heterocycles. The number of ether oxygens (including phenoxy) is 2. The van der Waals surface area contributed by atoms with E-state index in [9.17, 15) is 9.59 Å². The second kappa shape index (κ2) is 9.71. The molecule has 1 aromatic heterocycles. The molecule has 180 valence electrons. The first-order chi connectivity index (χ1) is 17.5. The van der Waals surface area contributed by atoms with Crippen molar-refractivity contribution in [1.82, 2.24) is 20.2 Å². The molecule has 0 spiro atoms. The zero-order valence-corrected chi connectivity index (χ0v) is 19.5. The molecule has 5 rings (SSSR count). The molecule has 1 amide bonds. The van der Waals surface area contributed by atoms with Gasteiger partial charge in [-0.25, -0.2) is 4.79 Å². The van der Waals surface area contributed by atoms with E-state index in [1.54, 1.807) is 61.5 Å². The van der Waals surface area contributed by atoms with Gasteiger partial charge < -0.3 is 20.1 Å². The van der Waals surface area contributed by atoms with Gasteiger partial charge in [0.1, 0.15) is 6.04 Å². The van der Waals surface area contributed by atoms with Crippen molar-refractivity contribution < 1.29 is 19.1 Å². The number of carbonyl (C=O) groups excluding carboxylic acids is 2. The SMILES string of the molecule is COc1cc([C@@H]2C(C(=O)Nc3ccccc3)=C(C)Nc3nnnn32)ccc1OC(=O)c1ccccc1. The zero-order valence-electron chi connectivity index (χ0n) is 19.5. The van der Waals surface area contributed by atoms with E-state index in [1.165, 1.54) is 11.8 Å². The Morgan fingerprint density at radius 1 is 0.972 bits per heavy atom. The summed E-state index contributed by atoms with van der Waals surface area (Å²) in [5.74, 6) is 0.149. The largest absolute Gasteiger partial charge is 0.493 e. The number of nitrogens with zero attached hydrogens (tertiary/aromatic N) is 4. The van der Waals surface area contributed by atoms with Gasteiger partial charge in [0, 0.05) is 11.4 Å². The van der Waals surface area contributed by atoms with Gasteiger partial charge >= 0.3 is 5.97 Å². The normalized spacial score (nSPS) is 14.4. The molecule has 2 N–H and O–H groups in total. The molecule has 3 aromatic carbocycles. The third kappa shape index (κ3) is 4.39. The van der Waals surface area contributed by atoms with Gasteiger partial charge in [-0.2, -0.15) is 4.68 Å². The number of esters is 1. The Morgan fingerprint density at radius 2 is 1.69 bits per heavy atom. The molecule has 0 unspecified atom stereocenters. The van der Waals surface area contributed by atoms with Gasteiger partial charge in [0.15, 0.2) is 11.5 Å². The third-order valence-electron chi connectivity index (χ3n) is 5.71. The van der Waals surface area contributed by atoms with Crippen molar-refractivity contribution in [2.45, 2.75) is 13.0 Å². The summed E-state index contributed by atoms with van der Waals surface area (Å²) >= 11 is 0. The molecule has 0 saturated carbocycles. The summed E-state index contributed by atoms with van der Waals surface area (Å²) in [5.41, 5.74) is 2.77. The fraction of sp³-hybridized carbons (Fsp3) is 0.115. The molecule has 10 nitrogen and oxygen atoms in total. The van der Waals surface area contributed by atoms with Gasteiger partial charge in [0.2, 0.25) is 5.95 Å². The number of amides is 1. The molecule has 0 saturated heterocycles. The van der Waals surface area contributed by atoms with Crippen molar-refractivity contribution in [2.75, 3.05) is 17.7 Å². The maximum Gasteiger partial charge on any atom is 0.343 e. The standard InChI is InChI=1S/C26H22N6O4/c1-16-22(24(33)28-19-11-7-4-8-12-19)23(32-26(27-16)29-30-31-32)18-13-14-20(21(15-18)35-2)36-25(34)17-9-5-3-6-10-17/h3-15,23H,1-2H3,(H,28,33)(H,27,29,31)/t23-/m1/s1. The molecule has 4 aromatic rings. The maximum absolute atomic E-state index is 13.4. The predicted octanol–water partition coefficient (Wildman–Crippen LogP) is 3.83. The number of aromatic nitrogens is 4. The van der Waals surface area contributed by atoms with Crippen LogP contribution in [-0.2, 0) is 4.79 Å². The van der Waals surface area contributed by atoms with Gasteiger partial charge in [-0.3, -0.25) is 4.79 Å². The van der Waals surface area contributed by atoms with E-state index in [0.29, 0.717) is 39.8 Å². The second-order valence-electron chi connectivity index (χ2n) is 8.00. The molecule has 0 radical (unpaired) electrons. The Balaban J connectivity index is 1.50. The Morgan fingerprint density at radius 3 is 2.42 bits per heavy atom. The van der Waals surface area contributed by atoms with E-state index in [0.717, 1.165) is 0 Å². The zero-order chi connectivity index (χ0) is 25.1. The van der Waals surface area contributed by atoms with E-state index in [4.69, 9.17) is 9.47 Å². The van der Waals surface area contributed by atoms with E-state index in [1.807, 2.05) is 24.3 Å². The van der Waals surface area contributed by atoms with Crippen LogP contribution in [0.15, 0.2) is 90.1 Å². The highest BCUT2D eigenvalue weighted by atomic mass is 16.6. The number of carbonyl (C=O) groups is 2. The number of nitrogens with one attached hydrogen (secondary N) is 2. The first-order valence-electron chi connectivity index (χ1n) is 11.1. The van der Waals surface area contributed by atoms with Crippen molar-refractivity contribution in [3.63, 3.8) is 0 Å². The van der Waals surface area contributed by atoms with Crippen molar-refractivity contribution in [2.24, 2.45) is 0 Å². The summed E-state index contributed by atoms with van der Waals surface area (Å²) in [5, 5.41) is 17.9. The van der Waals surface area contributed by atoms with Crippen LogP contribution >= 0.6 is 0 Å². The first-order valence-corrected chi connectivity index (χ1v) is 11.1. The summed E-state index contributed by atoms with van der Waals surface area (Å²) in [6.45, 7) is 1.79. The molecular formula is C26H22N6O4. The summed E-state index contributed by atoms with van der Waals surface area (Å²) in [7, 11) is 1.48. The Hall–Kier alpha value is -4.99. The van der Waals surface area contributed by atoms with Crippen LogP contribution in [0.1, 0.15) is 28.9 Å². The number of methoxy groups -OCH3 is 1. The minimum Gasteiger partial charge on any atom is -0.493 e. The van der Waals surface area contributed by atoms with E-state index in [2.05, 4.69) is 26.2 Å². The topological polar surface area (TPSA) is 120 Å². The Kier molecular flexibility index (Phi) is 6.14.